The van der Waals surface area contributed by atoms with Crippen LogP contribution in [0.5, 0.6) is 11.5 Å². The van der Waals surface area contributed by atoms with E-state index in [1.807, 2.05) is 29.2 Å². The van der Waals surface area contributed by atoms with Crippen molar-refractivity contribution < 1.29 is 33.7 Å². The van der Waals surface area contributed by atoms with Crippen molar-refractivity contribution in [3.05, 3.63) is 88.3 Å². The minimum atomic E-state index is -0.279. The van der Waals surface area contributed by atoms with Crippen LogP contribution in [0.1, 0.15) is 77.7 Å². The van der Waals surface area contributed by atoms with E-state index < -0.39 is 0 Å². The number of amides is 3. The minimum absolute atomic E-state index is 0.00376. The van der Waals surface area contributed by atoms with Crippen LogP contribution < -0.4 is 15.4 Å². The van der Waals surface area contributed by atoms with Crippen LogP contribution in [0.4, 0.5) is 5.69 Å². The number of rotatable bonds is 16. The molecule has 0 bridgehead atoms. The summed E-state index contributed by atoms with van der Waals surface area (Å²) in [4.78, 5) is 46.2. The zero-order valence-electron chi connectivity index (χ0n) is 34.6. The molecule has 2 saturated heterocycles. The van der Waals surface area contributed by atoms with Gasteiger partial charge >= 0.3 is 0 Å². The highest BCUT2D eigenvalue weighted by Gasteiger charge is 2.41. The van der Waals surface area contributed by atoms with Gasteiger partial charge in [0.25, 0.3) is 11.8 Å². The molecule has 3 amide bonds. The first-order valence-electron chi connectivity index (χ1n) is 21.9. The van der Waals surface area contributed by atoms with Crippen LogP contribution in [0, 0.1) is 0 Å². The van der Waals surface area contributed by atoms with E-state index in [-0.39, 0.29) is 41.7 Å². The van der Waals surface area contributed by atoms with E-state index in [1.165, 1.54) is 17.5 Å². The number of benzene rings is 3. The Bertz CT molecular complexity index is 2080. The fourth-order valence-corrected chi connectivity index (χ4v) is 10.3. The predicted molar refractivity (Wildman–Crippen MR) is 234 cm³/mol. The van der Waals surface area contributed by atoms with Crippen molar-refractivity contribution in [2.24, 2.45) is 0 Å². The number of phenols is 1. The molecule has 13 heteroatoms. The van der Waals surface area contributed by atoms with Gasteiger partial charge in [-0.2, -0.15) is 0 Å². The number of nitrogens with one attached hydrogen (secondary N) is 2. The summed E-state index contributed by atoms with van der Waals surface area (Å²) >= 11 is 1.58. The Morgan fingerprint density at radius 3 is 2.63 bits per heavy atom. The second-order valence-corrected chi connectivity index (χ2v) is 17.9. The Labute approximate surface area is 357 Å². The van der Waals surface area contributed by atoms with E-state index in [1.54, 1.807) is 17.4 Å². The number of carbonyl (C=O) groups excluding carboxylic acids is 3. The fraction of sp³-hybridized carbons (Fsp3) is 0.511. The van der Waals surface area contributed by atoms with Crippen molar-refractivity contribution in [1.29, 1.82) is 0 Å². The number of piperidine rings is 1. The molecule has 4 aromatic rings. The average Bonchev–Trinajstić information content (AvgIpc) is 3.71. The van der Waals surface area contributed by atoms with Crippen molar-refractivity contribution in [2.45, 2.75) is 82.4 Å². The molecule has 60 heavy (non-hydrogen) atoms. The number of ether oxygens (including phenoxy) is 3. The van der Waals surface area contributed by atoms with Gasteiger partial charge in [0.05, 0.1) is 43.3 Å². The highest BCUT2D eigenvalue weighted by Crippen LogP contribution is 2.39. The number of hydrogen-bond acceptors (Lipinski definition) is 10. The number of phenolic OH excluding ortho intramolecular Hbond substituents is 1. The van der Waals surface area contributed by atoms with E-state index in [4.69, 9.17) is 14.2 Å². The second-order valence-electron chi connectivity index (χ2n) is 16.8. The molecular formula is C47H59N5O7S. The Hall–Kier alpha value is -4.53. The van der Waals surface area contributed by atoms with Crippen LogP contribution >= 0.6 is 11.3 Å². The topological polar surface area (TPSA) is 133 Å². The van der Waals surface area contributed by atoms with Crippen molar-refractivity contribution >= 4 is 44.8 Å². The number of nitrogens with zero attached hydrogens (tertiary/aromatic N) is 3. The molecule has 3 fully saturated rings. The number of likely N-dealkylation sites (tertiary alicyclic amines) is 1. The lowest BCUT2D eigenvalue weighted by Crippen LogP contribution is -2.57. The van der Waals surface area contributed by atoms with Crippen molar-refractivity contribution in [1.82, 2.24) is 20.0 Å². The van der Waals surface area contributed by atoms with Gasteiger partial charge in [0.15, 0.2) is 12.4 Å². The van der Waals surface area contributed by atoms with Gasteiger partial charge in [-0.1, -0.05) is 67.8 Å². The number of morpholine rings is 1. The lowest BCUT2D eigenvalue weighted by molar-refractivity contribution is -0.135. The highest BCUT2D eigenvalue weighted by molar-refractivity contribution is 7.20. The van der Waals surface area contributed by atoms with Gasteiger partial charge < -0.3 is 39.8 Å². The summed E-state index contributed by atoms with van der Waals surface area (Å²) < 4.78 is 19.2. The molecule has 4 heterocycles. The van der Waals surface area contributed by atoms with E-state index in [9.17, 15) is 19.5 Å². The van der Waals surface area contributed by atoms with Crippen molar-refractivity contribution in [2.75, 3.05) is 77.6 Å². The number of carbonyl (C=O) groups is 3. The molecule has 0 atom stereocenters. The van der Waals surface area contributed by atoms with Gasteiger partial charge in [0, 0.05) is 50.0 Å². The average molecular weight is 838 g/mol. The maximum absolute atomic E-state index is 13.6. The summed E-state index contributed by atoms with van der Waals surface area (Å²) in [5.41, 5.74) is 3.49. The largest absolute Gasteiger partial charge is 0.506 e. The first-order chi connectivity index (χ1) is 29.3. The van der Waals surface area contributed by atoms with E-state index >= 15 is 0 Å². The van der Waals surface area contributed by atoms with E-state index in [0.717, 1.165) is 85.1 Å². The molecule has 3 aromatic carbocycles. The van der Waals surface area contributed by atoms with Gasteiger partial charge in [0.2, 0.25) is 5.91 Å². The monoisotopic (exact) mass is 837 g/mol. The maximum atomic E-state index is 13.6. The van der Waals surface area contributed by atoms with E-state index in [0.29, 0.717) is 76.8 Å². The molecule has 1 aliphatic carbocycles. The molecule has 1 saturated carbocycles. The van der Waals surface area contributed by atoms with Crippen LogP contribution in [-0.4, -0.2) is 121 Å². The van der Waals surface area contributed by atoms with Gasteiger partial charge in [-0.3, -0.25) is 19.3 Å². The summed E-state index contributed by atoms with van der Waals surface area (Å²) in [6.07, 6.45) is 9.28. The summed E-state index contributed by atoms with van der Waals surface area (Å²) in [5.74, 6) is 0.513. The lowest BCUT2D eigenvalue weighted by Gasteiger charge is -2.47. The molecule has 8 rings (SSSR count). The van der Waals surface area contributed by atoms with E-state index in [2.05, 4.69) is 56.8 Å². The third-order valence-corrected chi connectivity index (χ3v) is 13.7. The summed E-state index contributed by atoms with van der Waals surface area (Å²) in [7, 11) is 0. The first-order valence-corrected chi connectivity index (χ1v) is 22.7. The van der Waals surface area contributed by atoms with Crippen LogP contribution in [0.25, 0.3) is 10.1 Å². The molecule has 1 aromatic heterocycles. The van der Waals surface area contributed by atoms with Gasteiger partial charge in [-0.15, -0.1) is 11.3 Å². The predicted octanol–water partition coefficient (Wildman–Crippen LogP) is 6.39. The molecule has 1 spiro atoms. The Morgan fingerprint density at radius 1 is 0.950 bits per heavy atom. The zero-order chi connectivity index (χ0) is 41.3. The number of hydrogen-bond donors (Lipinski definition) is 3. The molecule has 3 N–H and O–H groups in total. The normalized spacial score (nSPS) is 18.3. The third-order valence-electron chi connectivity index (χ3n) is 12.6. The number of aromatic hydroxyl groups is 1. The Balaban J connectivity index is 0.745. The third kappa shape index (κ3) is 10.5. The Kier molecular flexibility index (Phi) is 14.0. The lowest BCUT2D eigenvalue weighted by atomic mass is 9.89. The quantitative estimate of drug-likeness (QED) is 0.0869. The molecule has 320 valence electrons. The van der Waals surface area contributed by atoms with Crippen LogP contribution in [-0.2, 0) is 38.4 Å². The number of thiophene rings is 1. The molecule has 3 aliphatic heterocycles. The smallest absolute Gasteiger partial charge is 0.264 e. The van der Waals surface area contributed by atoms with Gasteiger partial charge in [-0.05, 0) is 85.3 Å². The molecule has 12 nitrogen and oxygen atoms in total. The molecule has 4 aliphatic rings. The van der Waals surface area contributed by atoms with Crippen molar-refractivity contribution in [3.8, 4) is 11.5 Å². The van der Waals surface area contributed by atoms with Crippen LogP contribution in [0.15, 0.2) is 66.7 Å². The zero-order valence-corrected chi connectivity index (χ0v) is 35.4. The first kappa shape index (κ1) is 42.2. The SMILES string of the molecule is O=C1COc2c(CCNCCN(C(=O)CCOCCc3cccc(CN4CCC5(CC4)CN(C(=O)c4cc6ccccc6s4)CCO5)c3)C3CCCCC3)ccc(O)c2N1. The highest BCUT2D eigenvalue weighted by atomic mass is 32.1. The number of fused-ring (bicyclic) bond motifs is 2. The van der Waals surface area contributed by atoms with Crippen molar-refractivity contribution in [3.63, 3.8) is 0 Å². The Morgan fingerprint density at radius 2 is 1.78 bits per heavy atom. The standard InChI is InChI=1S/C47H59N5O7S/c53-39-14-13-36(45-44(39)49-42(54)32-58-45)15-20-48-21-24-52(38-10-2-1-3-11-38)43(55)17-27-57-26-16-34-7-6-8-35(29-34)31-50-22-18-47(19-23-50)33-51(25-28-59-47)46(56)41-30-37-9-4-5-12-40(37)60-41/h4-9,12-14,29-30,38,48,53H,1-3,10-11,15-28,31-33H2,(H,49,54). The summed E-state index contributed by atoms with van der Waals surface area (Å²) in [6, 6.07) is 22.6. The van der Waals surface area contributed by atoms with Crippen LogP contribution in [0.2, 0.25) is 0 Å². The second kappa shape index (κ2) is 19.9. The van der Waals surface area contributed by atoms with Gasteiger partial charge in [-0.25, -0.2) is 0 Å². The van der Waals surface area contributed by atoms with Gasteiger partial charge in [0.1, 0.15) is 11.4 Å². The maximum Gasteiger partial charge on any atom is 0.264 e. The number of anilines is 1. The molecular weight excluding hydrogens is 779 g/mol. The summed E-state index contributed by atoms with van der Waals surface area (Å²) in [5, 5.41) is 17.5. The molecule has 0 radical (unpaired) electrons. The minimum Gasteiger partial charge on any atom is -0.506 e. The molecule has 0 unspecified atom stereocenters. The fourth-order valence-electron chi connectivity index (χ4n) is 9.28. The summed E-state index contributed by atoms with van der Waals surface area (Å²) in [6.45, 7) is 7.51. The van der Waals surface area contributed by atoms with Crippen LogP contribution in [0.3, 0.4) is 0 Å².